The molecule has 0 atom stereocenters. The predicted molar refractivity (Wildman–Crippen MR) is 299 cm³/mol. The van der Waals surface area contributed by atoms with Crippen LogP contribution < -0.4 is 18.9 Å². The van der Waals surface area contributed by atoms with E-state index in [0.29, 0.717) is 51.4 Å². The van der Waals surface area contributed by atoms with Crippen LogP contribution in [0.1, 0.15) is 5.56 Å². The van der Waals surface area contributed by atoms with Gasteiger partial charge in [0.2, 0.25) is 29.5 Å². The van der Waals surface area contributed by atoms with Crippen molar-refractivity contribution in [2.24, 2.45) is 0 Å². The van der Waals surface area contributed by atoms with Gasteiger partial charge in [0.05, 0.1) is 41.4 Å². The van der Waals surface area contributed by atoms with Crippen LogP contribution in [0.25, 0.3) is 33.4 Å². The number of rotatable bonds is 17. The van der Waals surface area contributed by atoms with E-state index in [9.17, 15) is 38.2 Å². The molecule has 0 fully saturated rings. The summed E-state index contributed by atoms with van der Waals surface area (Å²) < 4.78 is 138. The zero-order chi connectivity index (χ0) is 55.5. The summed E-state index contributed by atoms with van der Waals surface area (Å²) in [5.74, 6) is 2.70. The molecular formula is C62H46O13S4. The average Bonchev–Trinajstić information content (AvgIpc) is 3.55. The maximum atomic E-state index is 13.8. The molecule has 0 bridgehead atoms. The lowest BCUT2D eigenvalue weighted by Gasteiger charge is -2.16. The van der Waals surface area contributed by atoms with Gasteiger partial charge in [0.25, 0.3) is 10.1 Å². The Morgan fingerprint density at radius 2 is 0.595 bits per heavy atom. The number of ether oxygens (including phenoxy) is 4. The van der Waals surface area contributed by atoms with Crippen molar-refractivity contribution in [1.29, 1.82) is 0 Å². The lowest BCUT2D eigenvalue weighted by Crippen LogP contribution is -2.02. The van der Waals surface area contributed by atoms with Gasteiger partial charge in [-0.15, -0.1) is 0 Å². The Kier molecular flexibility index (Phi) is 14.8. The van der Waals surface area contributed by atoms with Crippen LogP contribution in [-0.4, -0.2) is 45.3 Å². The van der Waals surface area contributed by atoms with Crippen molar-refractivity contribution in [2.75, 3.05) is 7.11 Å². The van der Waals surface area contributed by atoms with Crippen LogP contribution in [-0.2, 0) is 39.6 Å². The lowest BCUT2D eigenvalue weighted by atomic mass is 9.95. The van der Waals surface area contributed by atoms with Gasteiger partial charge >= 0.3 is 0 Å². The summed E-state index contributed by atoms with van der Waals surface area (Å²) in [7, 11) is -14.5. The Balaban J connectivity index is 0.794. The number of hydrogen-bond donors (Lipinski definition) is 1. The number of benzene rings is 10. The topological polar surface area (TPSA) is 194 Å². The minimum atomic E-state index is -4.45. The molecule has 0 aliphatic heterocycles. The third-order valence-electron chi connectivity index (χ3n) is 12.8. The smallest absolute Gasteiger partial charge is 0.294 e. The summed E-state index contributed by atoms with van der Waals surface area (Å²) in [5.41, 5.74) is 5.64. The number of sulfone groups is 3. The number of hydrogen-bond acceptors (Lipinski definition) is 12. The first-order valence-corrected chi connectivity index (χ1v) is 30.1. The predicted octanol–water partition coefficient (Wildman–Crippen LogP) is 14.1. The number of aryl methyl sites for hydroxylation is 1. The van der Waals surface area contributed by atoms with E-state index in [1.807, 2.05) is 67.6 Å². The summed E-state index contributed by atoms with van der Waals surface area (Å²) >= 11 is 0. The second kappa shape index (κ2) is 21.9. The van der Waals surface area contributed by atoms with E-state index in [1.54, 1.807) is 49.6 Å². The second-order valence-electron chi connectivity index (χ2n) is 18.0. The van der Waals surface area contributed by atoms with Gasteiger partial charge in [-0.2, -0.15) is 8.42 Å². The largest absolute Gasteiger partial charge is 0.496 e. The van der Waals surface area contributed by atoms with Gasteiger partial charge in [0, 0.05) is 11.1 Å². The molecule has 17 heteroatoms. The van der Waals surface area contributed by atoms with Gasteiger partial charge in [-0.05, 0) is 199 Å². The molecule has 0 saturated carbocycles. The summed E-state index contributed by atoms with van der Waals surface area (Å²) in [4.78, 5) is 0.0219. The summed E-state index contributed by atoms with van der Waals surface area (Å²) in [6.07, 6.45) is 0. The molecule has 10 aromatic carbocycles. The average molecular weight is 1130 g/mol. The minimum Gasteiger partial charge on any atom is -0.496 e. The van der Waals surface area contributed by atoms with Crippen LogP contribution in [0.15, 0.2) is 271 Å². The number of methoxy groups -OCH3 is 1. The van der Waals surface area contributed by atoms with Gasteiger partial charge in [-0.1, -0.05) is 72.3 Å². The summed E-state index contributed by atoms with van der Waals surface area (Å²) in [5, 5.41) is 0. The van der Waals surface area contributed by atoms with E-state index in [-0.39, 0.29) is 34.3 Å². The molecule has 0 aliphatic rings. The minimum absolute atomic E-state index is 0.00315. The standard InChI is InChI=1S/C62H46O13S4/c1-42-8-24-52(25-9-42)76(63,64)53-28-14-47(15-29-53)73-48-16-30-54(31-17-48)77(65,66)55-32-18-49(19-33-55)74-50-20-34-56(35-21-50)78(67,68)57-36-22-51(23-37-57)75-62-39-13-46(41-60(62)44-10-26-58(27-11-44)79(69,70)71)45-12-38-61(72-2)59(40-45)43-6-4-3-5-7-43/h3-41H,1-2H3,(H,69,70,71). The first kappa shape index (κ1) is 53.6. The molecule has 13 nitrogen and oxygen atoms in total. The first-order chi connectivity index (χ1) is 37.8. The molecule has 10 rings (SSSR count). The Morgan fingerprint density at radius 1 is 0.304 bits per heavy atom. The summed E-state index contributed by atoms with van der Waals surface area (Å²) in [6.45, 7) is 1.87. The van der Waals surface area contributed by atoms with Gasteiger partial charge in [-0.3, -0.25) is 4.55 Å². The van der Waals surface area contributed by atoms with E-state index in [0.717, 1.165) is 27.8 Å². The Hall–Kier alpha value is -8.84. The first-order valence-electron chi connectivity index (χ1n) is 24.2. The molecule has 10 aromatic rings. The molecule has 0 aliphatic carbocycles. The normalized spacial score (nSPS) is 11.9. The van der Waals surface area contributed by atoms with Crippen molar-refractivity contribution in [3.05, 3.63) is 242 Å². The highest BCUT2D eigenvalue weighted by Crippen LogP contribution is 2.41. The van der Waals surface area contributed by atoms with Gasteiger partial charge in [0.15, 0.2) is 0 Å². The molecule has 0 amide bonds. The van der Waals surface area contributed by atoms with Gasteiger partial charge in [0.1, 0.15) is 40.2 Å². The molecule has 0 spiro atoms. The molecule has 0 aromatic heterocycles. The highest BCUT2D eigenvalue weighted by Gasteiger charge is 2.22. The SMILES string of the molecule is COc1ccc(-c2ccc(Oc3ccc(S(=O)(=O)c4ccc(Oc5ccc(S(=O)(=O)c6ccc(Oc7ccc(S(=O)(=O)c8ccc(C)cc8)cc7)cc6)cc5)cc4)cc3)c(-c3ccc(S(=O)(=O)O)cc3)c2)cc1-c1ccccc1. The molecule has 0 heterocycles. The fourth-order valence-electron chi connectivity index (χ4n) is 8.52. The van der Waals surface area contributed by atoms with E-state index in [4.69, 9.17) is 18.9 Å². The van der Waals surface area contributed by atoms with Crippen molar-refractivity contribution >= 4 is 39.6 Å². The molecule has 0 unspecified atom stereocenters. The van der Waals surface area contributed by atoms with Crippen LogP contribution in [0.2, 0.25) is 0 Å². The maximum absolute atomic E-state index is 13.8. The fraction of sp³-hybridized carbons (Fsp3) is 0.0323. The second-order valence-corrected chi connectivity index (χ2v) is 25.2. The monoisotopic (exact) mass is 1130 g/mol. The van der Waals surface area contributed by atoms with Gasteiger partial charge < -0.3 is 18.9 Å². The summed E-state index contributed by atoms with van der Waals surface area (Å²) in [6, 6.07) is 62.7. The Bertz CT molecular complexity index is 4310. The Morgan fingerprint density at radius 3 is 0.949 bits per heavy atom. The van der Waals surface area contributed by atoms with Crippen LogP contribution in [0.5, 0.6) is 40.2 Å². The third-order valence-corrected chi connectivity index (χ3v) is 19.0. The zero-order valence-corrected chi connectivity index (χ0v) is 45.3. The van der Waals surface area contributed by atoms with E-state index in [2.05, 4.69) is 0 Å². The van der Waals surface area contributed by atoms with Crippen LogP contribution in [0.3, 0.4) is 0 Å². The third kappa shape index (κ3) is 11.7. The maximum Gasteiger partial charge on any atom is 0.294 e. The highest BCUT2D eigenvalue weighted by atomic mass is 32.2. The van der Waals surface area contributed by atoms with E-state index in [1.165, 1.54) is 133 Å². The van der Waals surface area contributed by atoms with Crippen molar-refractivity contribution < 1.29 is 57.2 Å². The molecular weight excluding hydrogens is 1080 g/mol. The van der Waals surface area contributed by atoms with Gasteiger partial charge in [-0.25, -0.2) is 25.3 Å². The molecule has 0 saturated heterocycles. The zero-order valence-electron chi connectivity index (χ0n) is 42.0. The molecule has 79 heavy (non-hydrogen) atoms. The molecule has 396 valence electrons. The van der Waals surface area contributed by atoms with Crippen molar-refractivity contribution in [1.82, 2.24) is 0 Å². The van der Waals surface area contributed by atoms with Crippen LogP contribution in [0.4, 0.5) is 0 Å². The fourth-order valence-corrected chi connectivity index (χ4v) is 12.8. The molecule has 1 N–H and O–H groups in total. The van der Waals surface area contributed by atoms with Crippen LogP contribution >= 0.6 is 0 Å². The lowest BCUT2D eigenvalue weighted by molar-refractivity contribution is 0.416. The quantitative estimate of drug-likeness (QED) is 0.0847. The van der Waals surface area contributed by atoms with Crippen molar-refractivity contribution in [2.45, 2.75) is 41.2 Å². The van der Waals surface area contributed by atoms with E-state index < -0.39 is 39.6 Å². The van der Waals surface area contributed by atoms with Crippen molar-refractivity contribution in [3.8, 4) is 73.6 Å². The van der Waals surface area contributed by atoms with Crippen molar-refractivity contribution in [3.63, 3.8) is 0 Å². The van der Waals surface area contributed by atoms with Crippen LogP contribution in [0, 0.1) is 6.92 Å². The van der Waals surface area contributed by atoms with E-state index >= 15 is 0 Å². The Labute approximate surface area is 458 Å². The molecule has 0 radical (unpaired) electrons. The highest BCUT2D eigenvalue weighted by molar-refractivity contribution is 7.92.